The SMILES string of the molecule is CCCCC1CCC(c2cc(F)c(-c3cc(F)c4c(F)c(C#CC(F)(F)F)c(F)cc4c3)c(F)c2)CC1. The average molecular weight is 524 g/mol. The van der Waals surface area contributed by atoms with Gasteiger partial charge in [0.15, 0.2) is 5.82 Å². The van der Waals surface area contributed by atoms with Crippen molar-refractivity contribution in [3.63, 3.8) is 0 Å². The van der Waals surface area contributed by atoms with Crippen LogP contribution >= 0.6 is 0 Å². The number of alkyl halides is 3. The van der Waals surface area contributed by atoms with Crippen molar-refractivity contribution in [2.75, 3.05) is 0 Å². The molecule has 1 saturated carbocycles. The van der Waals surface area contributed by atoms with Crippen molar-refractivity contribution in [2.24, 2.45) is 5.92 Å². The third-order valence-corrected chi connectivity index (χ3v) is 7.05. The molecular weight excluding hydrogens is 500 g/mol. The van der Waals surface area contributed by atoms with E-state index in [1.165, 1.54) is 18.1 Å². The van der Waals surface area contributed by atoms with Gasteiger partial charge in [0.25, 0.3) is 0 Å². The molecular formula is C29H24F8. The van der Waals surface area contributed by atoms with Gasteiger partial charge >= 0.3 is 6.18 Å². The Hall–Kier alpha value is -3.08. The van der Waals surface area contributed by atoms with Crippen molar-refractivity contribution in [3.8, 4) is 23.0 Å². The first kappa shape index (κ1) is 27.0. The molecule has 1 aliphatic carbocycles. The zero-order valence-electron chi connectivity index (χ0n) is 20.0. The van der Waals surface area contributed by atoms with Gasteiger partial charge in [0.2, 0.25) is 0 Å². The third-order valence-electron chi connectivity index (χ3n) is 7.05. The zero-order valence-corrected chi connectivity index (χ0v) is 20.0. The van der Waals surface area contributed by atoms with Gasteiger partial charge in [-0.1, -0.05) is 32.1 Å². The first-order valence-corrected chi connectivity index (χ1v) is 12.2. The standard InChI is InChI=1S/C29H24F8/c1-2-3-4-16-5-7-17(8-6-16)18-12-23(31)26(24(32)13-18)19-11-20-14-22(30)21(9-10-29(35,36)37)28(34)27(20)25(33)15-19/h11-17H,2-8H2,1H3. The molecule has 0 saturated heterocycles. The lowest BCUT2D eigenvalue weighted by Crippen LogP contribution is -2.14. The van der Waals surface area contributed by atoms with Gasteiger partial charge in [0.1, 0.15) is 23.3 Å². The molecule has 196 valence electrons. The summed E-state index contributed by atoms with van der Waals surface area (Å²) < 4.78 is 111. The van der Waals surface area contributed by atoms with E-state index >= 15 is 8.78 Å². The maximum Gasteiger partial charge on any atom is 0.458 e. The van der Waals surface area contributed by atoms with Crippen molar-refractivity contribution in [1.82, 2.24) is 0 Å². The van der Waals surface area contributed by atoms with Gasteiger partial charge in [0, 0.05) is 5.92 Å². The minimum absolute atomic E-state index is 0.00341. The van der Waals surface area contributed by atoms with Crippen molar-refractivity contribution >= 4 is 10.8 Å². The summed E-state index contributed by atoms with van der Waals surface area (Å²) in [4.78, 5) is 0. The van der Waals surface area contributed by atoms with Crippen LogP contribution in [0.3, 0.4) is 0 Å². The van der Waals surface area contributed by atoms with Crippen LogP contribution in [0.5, 0.6) is 0 Å². The van der Waals surface area contributed by atoms with Gasteiger partial charge in [-0.25, -0.2) is 22.0 Å². The number of hydrogen-bond acceptors (Lipinski definition) is 0. The van der Waals surface area contributed by atoms with Gasteiger partial charge < -0.3 is 0 Å². The average Bonchev–Trinajstić information content (AvgIpc) is 2.81. The van der Waals surface area contributed by atoms with E-state index in [9.17, 15) is 26.3 Å². The fourth-order valence-electron chi connectivity index (χ4n) is 5.19. The molecule has 4 rings (SSSR count). The molecule has 0 N–H and O–H groups in total. The lowest BCUT2D eigenvalue weighted by molar-refractivity contribution is -0.0696. The van der Waals surface area contributed by atoms with Crippen LogP contribution in [0, 0.1) is 46.8 Å². The zero-order chi connectivity index (χ0) is 26.9. The van der Waals surface area contributed by atoms with Gasteiger partial charge in [-0.2, -0.15) is 13.2 Å². The Morgan fingerprint density at radius 3 is 2.05 bits per heavy atom. The Labute approximate surface area is 209 Å². The first-order valence-electron chi connectivity index (χ1n) is 12.2. The smallest absolute Gasteiger partial charge is 0.206 e. The number of unbranched alkanes of at least 4 members (excludes halogenated alkanes) is 1. The second kappa shape index (κ2) is 10.7. The van der Waals surface area contributed by atoms with Crippen LogP contribution in [0.15, 0.2) is 30.3 Å². The van der Waals surface area contributed by atoms with Gasteiger partial charge in [0.05, 0.1) is 16.5 Å². The molecule has 3 aromatic rings. The van der Waals surface area contributed by atoms with Crippen molar-refractivity contribution < 1.29 is 35.1 Å². The van der Waals surface area contributed by atoms with Crippen LogP contribution in [0.4, 0.5) is 35.1 Å². The van der Waals surface area contributed by atoms with Gasteiger partial charge in [-0.05, 0) is 84.4 Å². The monoisotopic (exact) mass is 524 g/mol. The highest BCUT2D eigenvalue weighted by molar-refractivity contribution is 5.90. The number of benzene rings is 3. The maximum atomic E-state index is 15.1. The van der Waals surface area contributed by atoms with Crippen LogP contribution < -0.4 is 0 Å². The summed E-state index contributed by atoms with van der Waals surface area (Å²) in [5.41, 5.74) is -1.58. The predicted molar refractivity (Wildman–Crippen MR) is 126 cm³/mol. The second-order valence-electron chi connectivity index (χ2n) is 9.57. The maximum absolute atomic E-state index is 15.1. The van der Waals surface area contributed by atoms with Crippen LogP contribution in [0.1, 0.15) is 68.9 Å². The van der Waals surface area contributed by atoms with E-state index in [0.717, 1.165) is 56.9 Å². The highest BCUT2D eigenvalue weighted by atomic mass is 19.4. The van der Waals surface area contributed by atoms with Crippen LogP contribution in [0.25, 0.3) is 21.9 Å². The summed E-state index contributed by atoms with van der Waals surface area (Å²) in [6.07, 6.45) is 2.02. The quantitative estimate of drug-likeness (QED) is 0.230. The predicted octanol–water partition coefficient (Wildman–Crippen LogP) is 9.58. The molecule has 0 spiro atoms. The van der Waals surface area contributed by atoms with Crippen LogP contribution in [-0.2, 0) is 0 Å². The fourth-order valence-corrected chi connectivity index (χ4v) is 5.19. The van der Waals surface area contributed by atoms with Crippen molar-refractivity contribution in [1.29, 1.82) is 0 Å². The largest absolute Gasteiger partial charge is 0.458 e. The topological polar surface area (TPSA) is 0 Å². The van der Waals surface area contributed by atoms with Crippen LogP contribution in [0.2, 0.25) is 0 Å². The normalized spacial score (nSPS) is 18.1. The fraction of sp³-hybridized carbons (Fsp3) is 0.379. The lowest BCUT2D eigenvalue weighted by Gasteiger charge is -2.29. The van der Waals surface area contributed by atoms with E-state index in [2.05, 4.69) is 6.92 Å². The van der Waals surface area contributed by atoms with E-state index in [1.807, 2.05) is 0 Å². The molecule has 0 heterocycles. The minimum atomic E-state index is -5.01. The van der Waals surface area contributed by atoms with E-state index in [4.69, 9.17) is 0 Å². The summed E-state index contributed by atoms with van der Waals surface area (Å²) in [6, 6.07) is 4.69. The molecule has 0 aromatic heterocycles. The molecule has 3 aromatic carbocycles. The van der Waals surface area contributed by atoms with Crippen LogP contribution in [-0.4, -0.2) is 6.18 Å². The first-order chi connectivity index (χ1) is 17.5. The molecule has 1 fully saturated rings. The molecule has 37 heavy (non-hydrogen) atoms. The summed E-state index contributed by atoms with van der Waals surface area (Å²) in [5.74, 6) is -3.55. The Morgan fingerprint density at radius 2 is 1.46 bits per heavy atom. The minimum Gasteiger partial charge on any atom is -0.206 e. The molecule has 8 heteroatoms. The number of rotatable bonds is 5. The highest BCUT2D eigenvalue weighted by Gasteiger charge is 2.26. The molecule has 0 aliphatic heterocycles. The Bertz CT molecular complexity index is 1350. The Balaban J connectivity index is 1.68. The number of fused-ring (bicyclic) bond motifs is 1. The highest BCUT2D eigenvalue weighted by Crippen LogP contribution is 2.40. The number of hydrogen-bond donors (Lipinski definition) is 0. The lowest BCUT2D eigenvalue weighted by atomic mass is 9.77. The summed E-state index contributed by atoms with van der Waals surface area (Å²) in [7, 11) is 0. The molecule has 0 radical (unpaired) electrons. The summed E-state index contributed by atoms with van der Waals surface area (Å²) in [6.45, 7) is 2.14. The van der Waals surface area contributed by atoms with Crippen molar-refractivity contribution in [3.05, 3.63) is 70.5 Å². The molecule has 0 amide bonds. The van der Waals surface area contributed by atoms with Crippen molar-refractivity contribution in [2.45, 2.75) is 64.0 Å². The molecule has 0 atom stereocenters. The van der Waals surface area contributed by atoms with E-state index in [-0.39, 0.29) is 11.5 Å². The third kappa shape index (κ3) is 5.92. The molecule has 0 unspecified atom stereocenters. The Kier molecular flexibility index (Phi) is 7.82. The molecule has 1 aliphatic rings. The van der Waals surface area contributed by atoms with E-state index in [0.29, 0.717) is 23.6 Å². The summed E-state index contributed by atoms with van der Waals surface area (Å²) >= 11 is 0. The second-order valence-corrected chi connectivity index (χ2v) is 9.57. The van der Waals surface area contributed by atoms with Gasteiger partial charge in [-0.3, -0.25) is 0 Å². The number of halogens is 8. The summed E-state index contributed by atoms with van der Waals surface area (Å²) in [5, 5.41) is -1.23. The van der Waals surface area contributed by atoms with E-state index < -0.39 is 57.2 Å². The Morgan fingerprint density at radius 1 is 0.811 bits per heavy atom. The van der Waals surface area contributed by atoms with E-state index in [1.54, 1.807) is 0 Å². The molecule has 0 nitrogen and oxygen atoms in total. The van der Waals surface area contributed by atoms with Gasteiger partial charge in [-0.15, -0.1) is 0 Å². The molecule has 0 bridgehead atoms.